The summed E-state index contributed by atoms with van der Waals surface area (Å²) in [5, 5.41) is 8.85. The van der Waals surface area contributed by atoms with Crippen LogP contribution in [0.5, 0.6) is 0 Å². The molecule has 1 aromatic rings. The summed E-state index contributed by atoms with van der Waals surface area (Å²) < 4.78 is 1.51. The Labute approximate surface area is 81.2 Å². The zero-order chi connectivity index (χ0) is 10.2. The Morgan fingerprint density at radius 1 is 1.62 bits per heavy atom. The molecule has 0 amide bonds. The molecule has 72 valence electrons. The van der Waals surface area contributed by atoms with Gasteiger partial charge in [-0.15, -0.1) is 0 Å². The first-order valence-electron chi connectivity index (χ1n) is 3.90. The molecule has 0 aliphatic carbocycles. The fraction of sp³-hybridized carbons (Fsp3) is 0.500. The first-order chi connectivity index (χ1) is 5.95. The van der Waals surface area contributed by atoms with Crippen LogP contribution in [0.1, 0.15) is 36.1 Å². The van der Waals surface area contributed by atoms with Gasteiger partial charge in [0, 0.05) is 13.0 Å². The molecule has 13 heavy (non-hydrogen) atoms. The average Bonchev–Trinajstić information content (AvgIpc) is 2.26. The number of halogens is 1. The molecular weight excluding hydrogens is 192 g/mol. The van der Waals surface area contributed by atoms with Crippen molar-refractivity contribution in [3.8, 4) is 0 Å². The Morgan fingerprint density at radius 3 is 2.38 bits per heavy atom. The Kier molecular flexibility index (Phi) is 2.61. The van der Waals surface area contributed by atoms with Crippen molar-refractivity contribution in [2.75, 3.05) is 0 Å². The van der Waals surface area contributed by atoms with Crippen molar-refractivity contribution < 1.29 is 9.90 Å². The number of nitrogens with zero attached hydrogens (tertiary/aromatic N) is 2. The van der Waals surface area contributed by atoms with E-state index < -0.39 is 5.97 Å². The van der Waals surface area contributed by atoms with Gasteiger partial charge in [-0.3, -0.25) is 0 Å². The number of carboxylic acid groups (broad SMARTS) is 1. The van der Waals surface area contributed by atoms with Crippen LogP contribution in [-0.4, -0.2) is 20.6 Å². The lowest BCUT2D eigenvalue weighted by atomic mass is 10.2. The maximum atomic E-state index is 10.7. The van der Waals surface area contributed by atoms with Gasteiger partial charge in [-0.05, 0) is 0 Å². The molecule has 0 aliphatic rings. The maximum absolute atomic E-state index is 10.7. The standard InChI is InChI=1S/C8H11ClN2O2/c1-4(2)7-10-6(9)5(8(12)13)11(7)3/h4H,1-3H3,(H,12,13). The van der Waals surface area contributed by atoms with E-state index in [1.54, 1.807) is 7.05 Å². The van der Waals surface area contributed by atoms with Crippen LogP contribution in [0.3, 0.4) is 0 Å². The van der Waals surface area contributed by atoms with Gasteiger partial charge in [0.2, 0.25) is 0 Å². The number of rotatable bonds is 2. The summed E-state index contributed by atoms with van der Waals surface area (Å²) in [6.45, 7) is 3.87. The summed E-state index contributed by atoms with van der Waals surface area (Å²) in [5.74, 6) is -0.204. The lowest BCUT2D eigenvalue weighted by molar-refractivity contribution is 0.0686. The molecule has 0 atom stereocenters. The van der Waals surface area contributed by atoms with E-state index in [-0.39, 0.29) is 16.8 Å². The second kappa shape index (κ2) is 3.38. The Bertz CT molecular complexity index is 344. The summed E-state index contributed by atoms with van der Waals surface area (Å²) >= 11 is 5.68. The fourth-order valence-corrected chi connectivity index (χ4v) is 1.52. The zero-order valence-electron chi connectivity index (χ0n) is 7.71. The smallest absolute Gasteiger partial charge is 0.355 e. The third-order valence-electron chi connectivity index (χ3n) is 1.81. The Morgan fingerprint density at radius 2 is 2.15 bits per heavy atom. The van der Waals surface area contributed by atoms with Gasteiger partial charge in [0.25, 0.3) is 0 Å². The molecule has 1 rings (SSSR count). The van der Waals surface area contributed by atoms with Crippen molar-refractivity contribution in [1.29, 1.82) is 0 Å². The second-order valence-electron chi connectivity index (χ2n) is 3.13. The monoisotopic (exact) mass is 202 g/mol. The lowest BCUT2D eigenvalue weighted by Crippen LogP contribution is -2.08. The number of imidazole rings is 1. The molecule has 0 radical (unpaired) electrons. The first-order valence-corrected chi connectivity index (χ1v) is 4.28. The zero-order valence-corrected chi connectivity index (χ0v) is 8.46. The van der Waals surface area contributed by atoms with Crippen LogP contribution in [0, 0.1) is 0 Å². The van der Waals surface area contributed by atoms with E-state index in [2.05, 4.69) is 4.98 Å². The minimum atomic E-state index is -1.05. The predicted octanol–water partition coefficient (Wildman–Crippen LogP) is 1.90. The van der Waals surface area contributed by atoms with Gasteiger partial charge in [0.1, 0.15) is 5.82 Å². The number of carboxylic acids is 1. The van der Waals surface area contributed by atoms with Crippen LogP contribution in [0.4, 0.5) is 0 Å². The van der Waals surface area contributed by atoms with E-state index in [0.717, 1.165) is 0 Å². The normalized spacial score (nSPS) is 10.8. The number of aromatic carboxylic acids is 1. The molecule has 0 saturated carbocycles. The SMILES string of the molecule is CC(C)c1nc(Cl)c(C(=O)O)n1C. The van der Waals surface area contributed by atoms with Crippen molar-refractivity contribution in [2.45, 2.75) is 19.8 Å². The summed E-state index contributed by atoms with van der Waals surface area (Å²) in [7, 11) is 1.65. The first kappa shape index (κ1) is 10.1. The molecule has 0 spiro atoms. The van der Waals surface area contributed by atoms with Crippen LogP contribution in [0.15, 0.2) is 0 Å². The molecule has 0 aliphatic heterocycles. The van der Waals surface area contributed by atoms with Gasteiger partial charge < -0.3 is 9.67 Å². The van der Waals surface area contributed by atoms with Gasteiger partial charge >= 0.3 is 5.97 Å². The second-order valence-corrected chi connectivity index (χ2v) is 3.49. The molecule has 0 bridgehead atoms. The van der Waals surface area contributed by atoms with Gasteiger partial charge in [0.05, 0.1) is 0 Å². The van der Waals surface area contributed by atoms with Gasteiger partial charge in [-0.2, -0.15) is 0 Å². The molecule has 0 fully saturated rings. The highest BCUT2D eigenvalue weighted by atomic mass is 35.5. The van der Waals surface area contributed by atoms with Crippen LogP contribution in [0.2, 0.25) is 5.15 Å². The molecule has 0 unspecified atom stereocenters. The van der Waals surface area contributed by atoms with Crippen molar-refractivity contribution in [1.82, 2.24) is 9.55 Å². The van der Waals surface area contributed by atoms with Crippen molar-refractivity contribution in [2.24, 2.45) is 7.05 Å². The van der Waals surface area contributed by atoms with E-state index >= 15 is 0 Å². The molecule has 4 nitrogen and oxygen atoms in total. The van der Waals surface area contributed by atoms with E-state index in [9.17, 15) is 4.79 Å². The van der Waals surface area contributed by atoms with Gasteiger partial charge in [0.15, 0.2) is 10.8 Å². The number of hydrogen-bond donors (Lipinski definition) is 1. The van der Waals surface area contributed by atoms with Crippen LogP contribution in [-0.2, 0) is 7.05 Å². The average molecular weight is 203 g/mol. The minimum absolute atomic E-state index is 0.0466. The molecule has 0 aromatic carbocycles. The van der Waals surface area contributed by atoms with Crippen LogP contribution >= 0.6 is 11.6 Å². The molecule has 1 N–H and O–H groups in total. The largest absolute Gasteiger partial charge is 0.476 e. The Hall–Kier alpha value is -1.03. The summed E-state index contributed by atoms with van der Waals surface area (Å²) in [6.07, 6.45) is 0. The topological polar surface area (TPSA) is 55.1 Å². The van der Waals surface area contributed by atoms with Gasteiger partial charge in [-0.1, -0.05) is 25.4 Å². The molecule has 1 heterocycles. The summed E-state index contributed by atoms with van der Waals surface area (Å²) in [4.78, 5) is 14.7. The van der Waals surface area contributed by atoms with E-state index in [1.807, 2.05) is 13.8 Å². The third kappa shape index (κ3) is 1.67. The molecule has 1 aromatic heterocycles. The quantitative estimate of drug-likeness (QED) is 0.797. The van der Waals surface area contributed by atoms with E-state index in [4.69, 9.17) is 16.7 Å². The maximum Gasteiger partial charge on any atom is 0.355 e. The van der Waals surface area contributed by atoms with Crippen LogP contribution in [0.25, 0.3) is 0 Å². The fourth-order valence-electron chi connectivity index (χ4n) is 1.23. The molecule has 5 heteroatoms. The minimum Gasteiger partial charge on any atom is -0.476 e. The summed E-state index contributed by atoms with van der Waals surface area (Å²) in [5.41, 5.74) is 0.0466. The highest BCUT2D eigenvalue weighted by molar-refractivity contribution is 6.32. The molecule has 0 saturated heterocycles. The van der Waals surface area contributed by atoms with Crippen molar-refractivity contribution in [3.63, 3.8) is 0 Å². The summed E-state index contributed by atoms with van der Waals surface area (Å²) in [6, 6.07) is 0. The van der Waals surface area contributed by atoms with Gasteiger partial charge in [-0.25, -0.2) is 9.78 Å². The highest BCUT2D eigenvalue weighted by Crippen LogP contribution is 2.21. The number of carbonyl (C=O) groups is 1. The molecular formula is C8H11ClN2O2. The van der Waals surface area contributed by atoms with Crippen LogP contribution < -0.4 is 0 Å². The third-order valence-corrected chi connectivity index (χ3v) is 2.07. The Balaban J connectivity index is 3.30. The van der Waals surface area contributed by atoms with Crippen molar-refractivity contribution in [3.05, 3.63) is 16.7 Å². The predicted molar refractivity (Wildman–Crippen MR) is 49.3 cm³/mol. The lowest BCUT2D eigenvalue weighted by Gasteiger charge is -2.04. The number of aromatic nitrogens is 2. The van der Waals surface area contributed by atoms with E-state index in [0.29, 0.717) is 5.82 Å². The highest BCUT2D eigenvalue weighted by Gasteiger charge is 2.20. The van der Waals surface area contributed by atoms with Crippen molar-refractivity contribution >= 4 is 17.6 Å². The number of hydrogen-bond acceptors (Lipinski definition) is 2. The van der Waals surface area contributed by atoms with E-state index in [1.165, 1.54) is 4.57 Å².